The van der Waals surface area contributed by atoms with Crippen LogP contribution in [0.15, 0.2) is 61.2 Å². The highest BCUT2D eigenvalue weighted by Crippen LogP contribution is 2.44. The van der Waals surface area contributed by atoms with Gasteiger partial charge in [0.25, 0.3) is 0 Å². The summed E-state index contributed by atoms with van der Waals surface area (Å²) in [7, 11) is 0. The maximum Gasteiger partial charge on any atom is 0.407 e. The molecule has 0 aliphatic heterocycles. The van der Waals surface area contributed by atoms with Crippen molar-refractivity contribution in [1.29, 1.82) is 0 Å². The molecule has 0 aromatic heterocycles. The van der Waals surface area contributed by atoms with Crippen LogP contribution < -0.4 is 5.32 Å². The molecule has 1 unspecified atom stereocenters. The zero-order valence-electron chi connectivity index (χ0n) is 17.2. The van der Waals surface area contributed by atoms with Gasteiger partial charge < -0.3 is 19.9 Å². The lowest BCUT2D eigenvalue weighted by atomic mass is 9.98. The molecular formula is C24H25NO6. The number of esters is 1. The van der Waals surface area contributed by atoms with E-state index in [-0.39, 0.29) is 25.6 Å². The molecular weight excluding hydrogens is 398 g/mol. The number of rotatable bonds is 9. The largest absolute Gasteiger partial charge is 0.481 e. The van der Waals surface area contributed by atoms with Crippen molar-refractivity contribution in [1.82, 2.24) is 5.32 Å². The van der Waals surface area contributed by atoms with Gasteiger partial charge in [-0.05, 0) is 28.2 Å². The maximum absolute atomic E-state index is 12.5. The Morgan fingerprint density at radius 3 is 2.19 bits per heavy atom. The van der Waals surface area contributed by atoms with Crippen molar-refractivity contribution in [2.24, 2.45) is 5.92 Å². The fourth-order valence-corrected chi connectivity index (χ4v) is 3.82. The molecule has 0 bridgehead atoms. The van der Waals surface area contributed by atoms with E-state index in [0.717, 1.165) is 22.3 Å². The molecule has 2 aromatic carbocycles. The highest BCUT2D eigenvalue weighted by molar-refractivity contribution is 5.83. The van der Waals surface area contributed by atoms with Gasteiger partial charge in [-0.15, -0.1) is 0 Å². The summed E-state index contributed by atoms with van der Waals surface area (Å²) in [4.78, 5) is 35.9. The summed E-state index contributed by atoms with van der Waals surface area (Å²) in [5, 5.41) is 11.5. The molecule has 7 nitrogen and oxygen atoms in total. The number of fused-ring (bicyclic) bond motifs is 3. The first kappa shape index (κ1) is 22.1. The van der Waals surface area contributed by atoms with Gasteiger partial charge in [0.2, 0.25) is 0 Å². The summed E-state index contributed by atoms with van der Waals surface area (Å²) >= 11 is 0. The molecule has 1 aliphatic rings. The van der Waals surface area contributed by atoms with Crippen LogP contribution in [0.4, 0.5) is 4.79 Å². The van der Waals surface area contributed by atoms with Gasteiger partial charge in [0.1, 0.15) is 19.3 Å². The molecule has 0 saturated carbocycles. The lowest BCUT2D eigenvalue weighted by Crippen LogP contribution is -2.47. The van der Waals surface area contributed by atoms with Crippen molar-refractivity contribution >= 4 is 18.0 Å². The van der Waals surface area contributed by atoms with E-state index >= 15 is 0 Å². The number of hydrogen-bond donors (Lipinski definition) is 2. The number of hydrogen-bond acceptors (Lipinski definition) is 5. The van der Waals surface area contributed by atoms with Crippen molar-refractivity contribution in [2.45, 2.75) is 25.3 Å². The normalized spacial score (nSPS) is 14.0. The number of amides is 1. The van der Waals surface area contributed by atoms with Gasteiger partial charge in [-0.1, -0.05) is 68.1 Å². The van der Waals surface area contributed by atoms with Crippen LogP contribution in [0.2, 0.25) is 0 Å². The van der Waals surface area contributed by atoms with Crippen molar-refractivity contribution in [3.05, 3.63) is 72.3 Å². The Labute approximate surface area is 180 Å². The van der Waals surface area contributed by atoms with Gasteiger partial charge in [0.05, 0.1) is 6.42 Å². The second-order valence-corrected chi connectivity index (χ2v) is 7.44. The van der Waals surface area contributed by atoms with Crippen LogP contribution in [0, 0.1) is 5.92 Å². The minimum atomic E-state index is -1.15. The highest BCUT2D eigenvalue weighted by atomic mass is 16.6. The average Bonchev–Trinajstić information content (AvgIpc) is 3.07. The van der Waals surface area contributed by atoms with E-state index < -0.39 is 30.0 Å². The lowest BCUT2D eigenvalue weighted by Gasteiger charge is -2.22. The van der Waals surface area contributed by atoms with E-state index in [1.54, 1.807) is 6.92 Å². The van der Waals surface area contributed by atoms with Crippen LogP contribution >= 0.6 is 0 Å². The molecule has 0 spiro atoms. The van der Waals surface area contributed by atoms with E-state index in [9.17, 15) is 14.4 Å². The summed E-state index contributed by atoms with van der Waals surface area (Å²) in [6.45, 7) is 5.07. The number of carboxylic acid groups (broad SMARTS) is 1. The molecule has 1 aliphatic carbocycles. The SMILES string of the molecule is C=CCOC(=O)[C@@H](NC(=O)OCC1c2ccccc2-c2ccccc21)C(C)CC(=O)O. The molecule has 1 amide bonds. The molecule has 0 fully saturated rings. The predicted octanol–water partition coefficient (Wildman–Crippen LogP) is 3.73. The van der Waals surface area contributed by atoms with Crippen molar-refractivity contribution in [3.63, 3.8) is 0 Å². The number of ether oxygens (including phenoxy) is 2. The first-order valence-electron chi connectivity index (χ1n) is 10.0. The fraction of sp³-hybridized carbons (Fsp3) is 0.292. The van der Waals surface area contributed by atoms with E-state index in [1.807, 2.05) is 48.5 Å². The van der Waals surface area contributed by atoms with Crippen LogP contribution in [-0.2, 0) is 19.1 Å². The van der Waals surface area contributed by atoms with Crippen molar-refractivity contribution < 1.29 is 29.0 Å². The zero-order valence-corrected chi connectivity index (χ0v) is 17.2. The molecule has 0 radical (unpaired) electrons. The molecule has 7 heteroatoms. The van der Waals surface area contributed by atoms with Gasteiger partial charge >= 0.3 is 18.0 Å². The van der Waals surface area contributed by atoms with Crippen molar-refractivity contribution in [2.75, 3.05) is 13.2 Å². The standard InChI is InChI=1S/C24H25NO6/c1-3-12-30-23(28)22(15(2)13-21(26)27)25-24(29)31-14-20-18-10-6-4-8-16(18)17-9-5-7-11-19(17)20/h3-11,15,20,22H,1,12-14H2,2H3,(H,25,29)(H,26,27)/t15?,22-/m0/s1. The van der Waals surface area contributed by atoms with E-state index in [2.05, 4.69) is 11.9 Å². The minimum absolute atomic E-state index is 0.0402. The predicted molar refractivity (Wildman–Crippen MR) is 115 cm³/mol. The van der Waals surface area contributed by atoms with Crippen molar-refractivity contribution in [3.8, 4) is 11.1 Å². The Morgan fingerprint density at radius 2 is 1.65 bits per heavy atom. The van der Waals surface area contributed by atoms with E-state index in [1.165, 1.54) is 6.08 Å². The van der Waals surface area contributed by atoms with Gasteiger partial charge in [0.15, 0.2) is 0 Å². The third-order valence-electron chi connectivity index (χ3n) is 5.28. The third-order valence-corrected chi connectivity index (χ3v) is 5.28. The van der Waals surface area contributed by atoms with Crippen LogP contribution in [-0.4, -0.2) is 42.4 Å². The van der Waals surface area contributed by atoms with Gasteiger partial charge in [-0.3, -0.25) is 4.79 Å². The minimum Gasteiger partial charge on any atom is -0.481 e. The van der Waals surface area contributed by atoms with Crippen LogP contribution in [0.5, 0.6) is 0 Å². The van der Waals surface area contributed by atoms with E-state index in [0.29, 0.717) is 0 Å². The highest BCUT2D eigenvalue weighted by Gasteiger charge is 2.32. The summed E-state index contributed by atoms with van der Waals surface area (Å²) in [6.07, 6.45) is 0.279. The Balaban J connectivity index is 1.69. The summed E-state index contributed by atoms with van der Waals surface area (Å²) in [6, 6.07) is 14.8. The number of benzene rings is 2. The Bertz CT molecular complexity index is 940. The Hall–Kier alpha value is -3.61. The van der Waals surface area contributed by atoms with Crippen LogP contribution in [0.25, 0.3) is 11.1 Å². The molecule has 0 saturated heterocycles. The molecule has 2 aromatic rings. The first-order valence-corrected chi connectivity index (χ1v) is 10.0. The molecule has 162 valence electrons. The monoisotopic (exact) mass is 423 g/mol. The zero-order chi connectivity index (χ0) is 22.4. The second kappa shape index (κ2) is 9.93. The smallest absolute Gasteiger partial charge is 0.407 e. The lowest BCUT2D eigenvalue weighted by molar-refractivity contribution is -0.147. The molecule has 31 heavy (non-hydrogen) atoms. The van der Waals surface area contributed by atoms with Gasteiger partial charge in [-0.2, -0.15) is 0 Å². The van der Waals surface area contributed by atoms with E-state index in [4.69, 9.17) is 14.6 Å². The molecule has 2 N–H and O–H groups in total. The third kappa shape index (κ3) is 5.12. The maximum atomic E-state index is 12.5. The number of alkyl carbamates (subject to hydrolysis) is 1. The number of carbonyl (C=O) groups excluding carboxylic acids is 2. The summed E-state index contributed by atoms with van der Waals surface area (Å²) < 4.78 is 10.5. The topological polar surface area (TPSA) is 102 Å². The molecule has 3 rings (SSSR count). The Morgan fingerprint density at radius 1 is 1.06 bits per heavy atom. The number of carboxylic acids is 1. The quantitative estimate of drug-likeness (QED) is 0.471. The van der Waals surface area contributed by atoms with Crippen LogP contribution in [0.1, 0.15) is 30.4 Å². The number of carbonyl (C=O) groups is 3. The molecule has 2 atom stereocenters. The van der Waals surface area contributed by atoms with Gasteiger partial charge in [-0.25, -0.2) is 9.59 Å². The fourth-order valence-electron chi connectivity index (χ4n) is 3.82. The van der Waals surface area contributed by atoms with Crippen LogP contribution in [0.3, 0.4) is 0 Å². The first-order chi connectivity index (χ1) is 14.9. The average molecular weight is 423 g/mol. The number of aliphatic carboxylic acids is 1. The molecule has 0 heterocycles. The second-order valence-electron chi connectivity index (χ2n) is 7.44. The van der Waals surface area contributed by atoms with Gasteiger partial charge in [0, 0.05) is 5.92 Å². The number of nitrogens with one attached hydrogen (secondary N) is 1. The Kier molecular flexibility index (Phi) is 7.07. The summed E-state index contributed by atoms with van der Waals surface area (Å²) in [5.41, 5.74) is 4.34. The summed E-state index contributed by atoms with van der Waals surface area (Å²) in [5.74, 6) is -2.62.